The largest absolute Gasteiger partial charge is 0.246 e. The molecule has 0 saturated heterocycles. The molecule has 1 aromatic rings. The van der Waals surface area contributed by atoms with E-state index in [1.165, 1.54) is 37.9 Å². The predicted octanol–water partition coefficient (Wildman–Crippen LogP) is 4.20. The Labute approximate surface area is 113 Å². The fraction of sp³-hybridized carbons (Fsp3) is 0.529. The number of hydrogen-bond donors (Lipinski definition) is 0. The molecule has 0 saturated carbocycles. The Morgan fingerprint density at radius 1 is 0.944 bits per heavy atom. The summed E-state index contributed by atoms with van der Waals surface area (Å²) in [4.78, 5) is 0. The first-order valence-electron chi connectivity index (χ1n) is 7.03. The molecule has 0 heterocycles. The summed E-state index contributed by atoms with van der Waals surface area (Å²) in [7, 11) is -0.440. The minimum Gasteiger partial charge on any atom is -0.246 e. The van der Waals surface area contributed by atoms with Crippen molar-refractivity contribution in [2.24, 2.45) is 0 Å². The lowest BCUT2D eigenvalue weighted by atomic mass is 9.88. The number of fused-ring (bicyclic) bond motifs is 2. The number of allylic oxidation sites excluding steroid dienone is 1. The van der Waals surface area contributed by atoms with Gasteiger partial charge in [-0.1, -0.05) is 18.2 Å². The Morgan fingerprint density at radius 3 is 2.28 bits per heavy atom. The number of hydrogen-bond acceptors (Lipinski definition) is 0. The average Bonchev–Trinajstić information content (AvgIpc) is 2.67. The van der Waals surface area contributed by atoms with Crippen molar-refractivity contribution in [1.29, 1.82) is 0 Å². The van der Waals surface area contributed by atoms with Crippen LogP contribution in [0.5, 0.6) is 0 Å². The fourth-order valence-electron chi connectivity index (χ4n) is 3.25. The Kier molecular flexibility index (Phi) is 3.05. The monoisotopic (exact) mass is 260 g/mol. The van der Waals surface area contributed by atoms with Crippen LogP contribution in [0.25, 0.3) is 5.57 Å². The smallest absolute Gasteiger partial charge is 0.00207 e. The van der Waals surface area contributed by atoms with Gasteiger partial charge < -0.3 is 0 Å². The van der Waals surface area contributed by atoms with Gasteiger partial charge >= 0.3 is 0 Å². The van der Waals surface area contributed by atoms with E-state index in [4.69, 9.17) is 0 Å². The van der Waals surface area contributed by atoms with Crippen LogP contribution < -0.4 is 0 Å². The second-order valence-electron chi connectivity index (χ2n) is 6.65. The molecule has 3 rings (SSSR count). The maximum absolute atomic E-state index is 2.52. The molecule has 2 aliphatic rings. The van der Waals surface area contributed by atoms with Crippen LogP contribution in [0.3, 0.4) is 0 Å². The van der Waals surface area contributed by atoms with E-state index in [2.05, 4.69) is 37.0 Å². The molecule has 18 heavy (non-hydrogen) atoms. The molecule has 0 fully saturated rings. The van der Waals surface area contributed by atoms with E-state index >= 15 is 0 Å². The molecule has 98 valence electrons. The van der Waals surface area contributed by atoms with E-state index in [-0.39, 0.29) is 0 Å². The SMILES string of the molecule is CS(C)(C)CC1=CCc2cc3c(cc21)CCCC3. The zero-order valence-electron chi connectivity index (χ0n) is 11.9. The number of aryl methyl sites for hydroxylation is 2. The van der Waals surface area contributed by atoms with Gasteiger partial charge in [0.05, 0.1) is 0 Å². The summed E-state index contributed by atoms with van der Waals surface area (Å²) in [5.41, 5.74) is 8.07. The van der Waals surface area contributed by atoms with Gasteiger partial charge in [0.1, 0.15) is 0 Å². The van der Waals surface area contributed by atoms with Crippen molar-refractivity contribution in [2.45, 2.75) is 32.1 Å². The summed E-state index contributed by atoms with van der Waals surface area (Å²) in [5.74, 6) is 1.29. The molecule has 0 aromatic heterocycles. The van der Waals surface area contributed by atoms with Crippen LogP contribution in [0.1, 0.15) is 35.1 Å². The van der Waals surface area contributed by atoms with Crippen LogP contribution >= 0.6 is 10.0 Å². The van der Waals surface area contributed by atoms with Crippen LogP contribution in [0.4, 0.5) is 0 Å². The number of benzene rings is 1. The molecule has 0 N–H and O–H groups in total. The summed E-state index contributed by atoms with van der Waals surface area (Å²) in [6.45, 7) is 0. The third kappa shape index (κ3) is 2.38. The lowest BCUT2D eigenvalue weighted by molar-refractivity contribution is 0.684. The summed E-state index contributed by atoms with van der Waals surface area (Å²) in [6, 6.07) is 5.03. The van der Waals surface area contributed by atoms with Crippen LogP contribution in [0, 0.1) is 0 Å². The minimum absolute atomic E-state index is 0.440. The van der Waals surface area contributed by atoms with Crippen molar-refractivity contribution in [3.63, 3.8) is 0 Å². The van der Waals surface area contributed by atoms with Gasteiger partial charge in [-0.25, -0.2) is 10.0 Å². The standard InChI is InChI=1S/C17H24S/c1-18(2,3)12-16-9-8-15-10-13-6-4-5-7-14(13)11-17(15)16/h9-11H,4-8,12H2,1-3H3. The molecular weight excluding hydrogens is 236 g/mol. The van der Waals surface area contributed by atoms with Crippen molar-refractivity contribution in [3.8, 4) is 0 Å². The van der Waals surface area contributed by atoms with Crippen molar-refractivity contribution in [3.05, 3.63) is 40.5 Å². The van der Waals surface area contributed by atoms with E-state index in [1.54, 1.807) is 27.8 Å². The first-order chi connectivity index (χ1) is 8.53. The van der Waals surface area contributed by atoms with Gasteiger partial charge in [-0.05, 0) is 78.7 Å². The lowest BCUT2D eigenvalue weighted by Gasteiger charge is -2.27. The van der Waals surface area contributed by atoms with Gasteiger partial charge in [-0.2, -0.15) is 0 Å². The summed E-state index contributed by atoms with van der Waals surface area (Å²) >= 11 is 0. The molecule has 0 amide bonds. The van der Waals surface area contributed by atoms with Crippen molar-refractivity contribution < 1.29 is 0 Å². The molecule has 0 radical (unpaired) electrons. The zero-order valence-corrected chi connectivity index (χ0v) is 12.7. The van der Waals surface area contributed by atoms with Gasteiger partial charge in [0.15, 0.2) is 0 Å². The second kappa shape index (κ2) is 4.45. The molecular formula is C17H24S. The predicted molar refractivity (Wildman–Crippen MR) is 85.0 cm³/mol. The average molecular weight is 260 g/mol. The van der Waals surface area contributed by atoms with E-state index in [9.17, 15) is 0 Å². The van der Waals surface area contributed by atoms with E-state index in [0.29, 0.717) is 0 Å². The van der Waals surface area contributed by atoms with Crippen LogP contribution in [0.2, 0.25) is 0 Å². The molecule has 2 aliphatic carbocycles. The van der Waals surface area contributed by atoms with E-state index < -0.39 is 10.0 Å². The summed E-state index contributed by atoms with van der Waals surface area (Å²) < 4.78 is 0. The molecule has 1 aromatic carbocycles. The van der Waals surface area contributed by atoms with Crippen molar-refractivity contribution in [2.75, 3.05) is 24.5 Å². The highest BCUT2D eigenvalue weighted by molar-refractivity contribution is 8.32. The molecule has 0 aliphatic heterocycles. The Balaban J connectivity index is 1.95. The van der Waals surface area contributed by atoms with Gasteiger partial charge in [0.2, 0.25) is 0 Å². The third-order valence-corrected chi connectivity index (χ3v) is 5.25. The third-order valence-electron chi connectivity index (χ3n) is 4.07. The number of rotatable bonds is 2. The Bertz CT molecular complexity index is 503. The Hall–Kier alpha value is -0.690. The van der Waals surface area contributed by atoms with Crippen LogP contribution in [0.15, 0.2) is 18.2 Å². The highest BCUT2D eigenvalue weighted by atomic mass is 32.3. The molecule has 0 nitrogen and oxygen atoms in total. The lowest BCUT2D eigenvalue weighted by Crippen LogP contribution is -2.06. The van der Waals surface area contributed by atoms with Crippen LogP contribution in [-0.2, 0) is 19.3 Å². The summed E-state index contributed by atoms with van der Waals surface area (Å²) in [6.07, 6.45) is 16.3. The molecule has 0 spiro atoms. The first kappa shape index (κ1) is 12.3. The van der Waals surface area contributed by atoms with Crippen molar-refractivity contribution >= 4 is 15.6 Å². The molecule has 0 unspecified atom stereocenters. The van der Waals surface area contributed by atoms with Gasteiger partial charge in [-0.3, -0.25) is 0 Å². The normalized spacial score (nSPS) is 19.2. The van der Waals surface area contributed by atoms with Gasteiger partial charge in [0.25, 0.3) is 0 Å². The highest BCUT2D eigenvalue weighted by Gasteiger charge is 2.20. The molecule has 0 atom stereocenters. The maximum atomic E-state index is 2.52. The quantitative estimate of drug-likeness (QED) is 0.747. The van der Waals surface area contributed by atoms with E-state index in [1.807, 2.05) is 0 Å². The Morgan fingerprint density at radius 2 is 1.61 bits per heavy atom. The van der Waals surface area contributed by atoms with Gasteiger partial charge in [-0.15, -0.1) is 0 Å². The zero-order chi connectivity index (χ0) is 12.8. The molecule has 1 heteroatoms. The second-order valence-corrected chi connectivity index (χ2v) is 11.1. The highest BCUT2D eigenvalue weighted by Crippen LogP contribution is 2.43. The van der Waals surface area contributed by atoms with Crippen molar-refractivity contribution in [1.82, 2.24) is 0 Å². The van der Waals surface area contributed by atoms with Crippen LogP contribution in [-0.4, -0.2) is 24.5 Å². The minimum atomic E-state index is -0.440. The fourth-order valence-corrected chi connectivity index (χ4v) is 4.46. The van der Waals surface area contributed by atoms with E-state index in [0.717, 1.165) is 0 Å². The maximum Gasteiger partial charge on any atom is 0.00207 e. The van der Waals surface area contributed by atoms with Gasteiger partial charge in [0, 0.05) is 5.75 Å². The first-order valence-corrected chi connectivity index (χ1v) is 10.1. The molecule has 0 bridgehead atoms. The summed E-state index contributed by atoms with van der Waals surface area (Å²) in [5, 5.41) is 0. The topological polar surface area (TPSA) is 0 Å².